The van der Waals surface area contributed by atoms with Gasteiger partial charge in [0.1, 0.15) is 6.04 Å². The van der Waals surface area contributed by atoms with Crippen LogP contribution in [0.3, 0.4) is 0 Å². The molecule has 0 aromatic heterocycles. The van der Waals surface area contributed by atoms with Crippen LogP contribution >= 0.6 is 34.8 Å². The predicted octanol–water partition coefficient (Wildman–Crippen LogP) is 4.96. The minimum Gasteiger partial charge on any atom is -0.279 e. The highest BCUT2D eigenvalue weighted by molar-refractivity contribution is 7.93. The van der Waals surface area contributed by atoms with Gasteiger partial charge in [-0.05, 0) is 61.7 Å². The highest BCUT2D eigenvalue weighted by atomic mass is 35.5. The molecule has 0 amide bonds. The first-order valence-corrected chi connectivity index (χ1v) is 9.89. The van der Waals surface area contributed by atoms with Gasteiger partial charge in [-0.2, -0.15) is 0 Å². The molecule has 0 N–H and O–H groups in total. The standard InChI is InChI=1S/C17H16Cl3NO3S/c1-10-5-4-6-11(2)16(10)21(12(3)17(20)22)25(23,24)13-7-8-14(18)15(19)9-13/h4-9,12H,1-3H3. The maximum absolute atomic E-state index is 13.3. The summed E-state index contributed by atoms with van der Waals surface area (Å²) >= 11 is 17.5. The molecule has 0 fully saturated rings. The van der Waals surface area contributed by atoms with Crippen LogP contribution in [0.4, 0.5) is 5.69 Å². The Balaban J connectivity index is 2.75. The molecule has 0 aliphatic heterocycles. The van der Waals surface area contributed by atoms with Gasteiger partial charge in [0.05, 0.1) is 20.6 Å². The van der Waals surface area contributed by atoms with Crippen molar-refractivity contribution in [1.29, 1.82) is 0 Å². The van der Waals surface area contributed by atoms with Crippen LogP contribution in [0.2, 0.25) is 10.0 Å². The van der Waals surface area contributed by atoms with Gasteiger partial charge in [-0.3, -0.25) is 9.10 Å². The fourth-order valence-electron chi connectivity index (χ4n) is 2.52. The summed E-state index contributed by atoms with van der Waals surface area (Å²) < 4.78 is 27.6. The van der Waals surface area contributed by atoms with Crippen molar-refractivity contribution < 1.29 is 13.2 Å². The summed E-state index contributed by atoms with van der Waals surface area (Å²) in [6.45, 7) is 4.98. The van der Waals surface area contributed by atoms with E-state index in [0.717, 1.165) is 4.31 Å². The van der Waals surface area contributed by atoms with Crippen LogP contribution in [-0.4, -0.2) is 19.7 Å². The third kappa shape index (κ3) is 3.95. The van der Waals surface area contributed by atoms with Gasteiger partial charge >= 0.3 is 0 Å². The van der Waals surface area contributed by atoms with E-state index in [4.69, 9.17) is 34.8 Å². The van der Waals surface area contributed by atoms with Crippen molar-refractivity contribution in [1.82, 2.24) is 0 Å². The summed E-state index contributed by atoms with van der Waals surface area (Å²) in [7, 11) is -4.10. The number of halogens is 3. The minimum atomic E-state index is -4.10. The number of carbonyl (C=O) groups excluding carboxylic acids is 1. The zero-order valence-corrected chi connectivity index (χ0v) is 16.8. The monoisotopic (exact) mass is 419 g/mol. The maximum Gasteiger partial charge on any atom is 0.265 e. The number of hydrogen-bond donors (Lipinski definition) is 0. The average Bonchev–Trinajstić information content (AvgIpc) is 2.52. The molecule has 8 heteroatoms. The van der Waals surface area contributed by atoms with Gasteiger partial charge in [0.15, 0.2) is 0 Å². The van der Waals surface area contributed by atoms with Crippen LogP contribution in [0.25, 0.3) is 0 Å². The van der Waals surface area contributed by atoms with E-state index in [2.05, 4.69) is 0 Å². The molecule has 0 radical (unpaired) electrons. The topological polar surface area (TPSA) is 54.5 Å². The molecule has 0 saturated heterocycles. The van der Waals surface area contributed by atoms with E-state index in [1.165, 1.54) is 25.1 Å². The van der Waals surface area contributed by atoms with Crippen molar-refractivity contribution >= 4 is 55.8 Å². The molecular formula is C17H16Cl3NO3S. The SMILES string of the molecule is Cc1cccc(C)c1N(C(C)C(=O)Cl)S(=O)(=O)c1ccc(Cl)c(Cl)c1. The molecule has 0 bridgehead atoms. The summed E-state index contributed by atoms with van der Waals surface area (Å²) in [5.41, 5.74) is 1.82. The molecule has 0 saturated carbocycles. The lowest BCUT2D eigenvalue weighted by Gasteiger charge is -2.31. The van der Waals surface area contributed by atoms with Gasteiger partial charge in [0.25, 0.3) is 10.0 Å². The quantitative estimate of drug-likeness (QED) is 0.642. The van der Waals surface area contributed by atoms with Crippen LogP contribution in [-0.2, 0) is 14.8 Å². The Bertz CT molecular complexity index is 908. The zero-order valence-electron chi connectivity index (χ0n) is 13.8. The van der Waals surface area contributed by atoms with Gasteiger partial charge in [-0.25, -0.2) is 8.42 Å². The molecule has 0 aliphatic rings. The van der Waals surface area contributed by atoms with Crippen molar-refractivity contribution in [3.05, 3.63) is 57.6 Å². The Morgan fingerprint density at radius 3 is 2.08 bits per heavy atom. The Labute approximate surface area is 162 Å². The van der Waals surface area contributed by atoms with Crippen molar-refractivity contribution in [3.63, 3.8) is 0 Å². The number of anilines is 1. The summed E-state index contributed by atoms with van der Waals surface area (Å²) in [5.74, 6) is 0. The van der Waals surface area contributed by atoms with E-state index in [1.54, 1.807) is 26.0 Å². The molecule has 2 rings (SSSR count). The predicted molar refractivity (Wildman–Crippen MR) is 102 cm³/mol. The first-order valence-electron chi connectivity index (χ1n) is 7.32. The van der Waals surface area contributed by atoms with Gasteiger partial charge < -0.3 is 0 Å². The normalized spacial score (nSPS) is 12.7. The summed E-state index contributed by atoms with van der Waals surface area (Å²) in [4.78, 5) is 11.7. The summed E-state index contributed by atoms with van der Waals surface area (Å²) in [6.07, 6.45) is 0. The van der Waals surface area contributed by atoms with Gasteiger partial charge in [0, 0.05) is 0 Å². The molecule has 25 heavy (non-hydrogen) atoms. The molecule has 2 aromatic carbocycles. The molecule has 134 valence electrons. The fourth-order valence-corrected chi connectivity index (χ4v) is 4.81. The highest BCUT2D eigenvalue weighted by Crippen LogP contribution is 2.34. The Hall–Kier alpha value is -1.27. The lowest BCUT2D eigenvalue weighted by molar-refractivity contribution is -0.112. The molecule has 1 atom stereocenters. The van der Waals surface area contributed by atoms with E-state index in [9.17, 15) is 13.2 Å². The van der Waals surface area contributed by atoms with E-state index in [1.807, 2.05) is 6.07 Å². The van der Waals surface area contributed by atoms with Crippen LogP contribution in [0, 0.1) is 13.8 Å². The van der Waals surface area contributed by atoms with Crippen LogP contribution < -0.4 is 4.31 Å². The van der Waals surface area contributed by atoms with Crippen molar-refractivity contribution in [2.24, 2.45) is 0 Å². The van der Waals surface area contributed by atoms with Gasteiger partial charge in [-0.1, -0.05) is 41.4 Å². The van der Waals surface area contributed by atoms with Crippen LogP contribution in [0.1, 0.15) is 18.1 Å². The summed E-state index contributed by atoms with van der Waals surface area (Å²) in [6, 6.07) is 8.25. The second kappa shape index (κ2) is 7.54. The number of sulfonamides is 1. The smallest absolute Gasteiger partial charge is 0.265 e. The third-order valence-corrected chi connectivity index (χ3v) is 6.71. The Kier molecular flexibility index (Phi) is 6.05. The minimum absolute atomic E-state index is 0.0747. The number of rotatable bonds is 5. The second-order valence-corrected chi connectivity index (χ2v) is 8.60. The largest absolute Gasteiger partial charge is 0.279 e. The second-order valence-electron chi connectivity index (χ2n) is 5.60. The zero-order chi connectivity index (χ0) is 18.9. The molecular weight excluding hydrogens is 405 g/mol. The number of benzene rings is 2. The first kappa shape index (κ1) is 20.0. The Morgan fingerprint density at radius 2 is 1.60 bits per heavy atom. The number of para-hydroxylation sites is 1. The van der Waals surface area contributed by atoms with E-state index >= 15 is 0 Å². The summed E-state index contributed by atoms with van der Waals surface area (Å²) in [5, 5.41) is -0.443. The lowest BCUT2D eigenvalue weighted by atomic mass is 10.1. The molecule has 1 unspecified atom stereocenters. The number of nitrogens with zero attached hydrogens (tertiary/aromatic N) is 1. The molecule has 2 aromatic rings. The Morgan fingerprint density at radius 1 is 1.04 bits per heavy atom. The molecule has 0 heterocycles. The van der Waals surface area contributed by atoms with Crippen LogP contribution in [0.5, 0.6) is 0 Å². The third-order valence-electron chi connectivity index (χ3n) is 3.79. The van der Waals surface area contributed by atoms with E-state index < -0.39 is 21.3 Å². The van der Waals surface area contributed by atoms with Crippen LogP contribution in [0.15, 0.2) is 41.3 Å². The number of hydrogen-bond acceptors (Lipinski definition) is 3. The van der Waals surface area contributed by atoms with Gasteiger partial charge in [0.2, 0.25) is 5.24 Å². The van der Waals surface area contributed by atoms with Crippen molar-refractivity contribution in [3.8, 4) is 0 Å². The van der Waals surface area contributed by atoms with E-state index in [-0.39, 0.29) is 14.9 Å². The number of carbonyl (C=O) groups is 1. The highest BCUT2D eigenvalue weighted by Gasteiger charge is 2.34. The van der Waals surface area contributed by atoms with Crippen molar-refractivity contribution in [2.45, 2.75) is 31.7 Å². The number of aryl methyl sites for hydroxylation is 2. The van der Waals surface area contributed by atoms with Gasteiger partial charge in [-0.15, -0.1) is 0 Å². The molecule has 0 spiro atoms. The fraction of sp³-hybridized carbons (Fsp3) is 0.235. The maximum atomic E-state index is 13.3. The van der Waals surface area contributed by atoms with E-state index in [0.29, 0.717) is 16.8 Å². The first-order chi connectivity index (χ1) is 11.6. The lowest BCUT2D eigenvalue weighted by Crippen LogP contribution is -2.42. The van der Waals surface area contributed by atoms with Crippen molar-refractivity contribution in [2.75, 3.05) is 4.31 Å². The molecule has 0 aliphatic carbocycles. The average molecular weight is 421 g/mol. The molecule has 4 nitrogen and oxygen atoms in total.